The first-order valence-electron chi connectivity index (χ1n) is 11.7. The second-order valence-corrected chi connectivity index (χ2v) is 10.0. The van der Waals surface area contributed by atoms with Gasteiger partial charge in [0.25, 0.3) is 11.5 Å². The highest BCUT2D eigenvalue weighted by Gasteiger charge is 2.35. The molecule has 34 heavy (non-hydrogen) atoms. The van der Waals surface area contributed by atoms with Gasteiger partial charge in [-0.2, -0.15) is 0 Å². The summed E-state index contributed by atoms with van der Waals surface area (Å²) in [6.45, 7) is 6.69. The first-order chi connectivity index (χ1) is 16.0. The van der Waals surface area contributed by atoms with Gasteiger partial charge in [0.15, 0.2) is 0 Å². The topological polar surface area (TPSA) is 82.8 Å². The van der Waals surface area contributed by atoms with E-state index in [9.17, 15) is 19.5 Å². The lowest BCUT2D eigenvalue weighted by molar-refractivity contribution is -0.136. The normalized spacial score (nSPS) is 16.4. The Morgan fingerprint density at radius 3 is 2.35 bits per heavy atom. The predicted octanol–water partition coefficient (Wildman–Crippen LogP) is 3.53. The Morgan fingerprint density at radius 1 is 1.15 bits per heavy atom. The smallest absolute Gasteiger partial charge is 0.256 e. The van der Waals surface area contributed by atoms with E-state index in [-0.39, 0.29) is 46.5 Å². The molecule has 1 fully saturated rings. The lowest BCUT2D eigenvalue weighted by Crippen LogP contribution is -2.49. The summed E-state index contributed by atoms with van der Waals surface area (Å²) in [6, 6.07) is 11.1. The van der Waals surface area contributed by atoms with Crippen LogP contribution in [0.3, 0.4) is 0 Å². The fourth-order valence-corrected chi connectivity index (χ4v) is 4.42. The Balaban J connectivity index is 1.65. The first kappa shape index (κ1) is 26.0. The van der Waals surface area contributed by atoms with E-state index in [0.29, 0.717) is 32.4 Å². The third-order valence-electron chi connectivity index (χ3n) is 6.76. The molecule has 1 aliphatic rings. The summed E-state index contributed by atoms with van der Waals surface area (Å²) in [5, 5.41) is 11.3. The highest BCUT2D eigenvalue weighted by molar-refractivity contribution is 6.33. The summed E-state index contributed by atoms with van der Waals surface area (Å²) in [5.41, 5.74) is -0.176. The quantitative estimate of drug-likeness (QED) is 0.647. The van der Waals surface area contributed by atoms with E-state index in [1.54, 1.807) is 16.8 Å². The summed E-state index contributed by atoms with van der Waals surface area (Å²) >= 11 is 6.19. The number of rotatable bonds is 7. The number of likely N-dealkylation sites (tertiary alicyclic amines) is 1. The molecule has 2 heterocycles. The number of carbonyl (C=O) groups excluding carboxylic acids is 2. The SMILES string of the molecule is CC(CC(=O)N1CCC(O)(Cn2cc(C(=O)N(C)C(C)C)c(Cl)cc2=O)CC1)c1ccccc1. The molecular weight excluding hydrogens is 454 g/mol. The van der Waals surface area contributed by atoms with E-state index in [1.807, 2.05) is 51.1 Å². The zero-order chi connectivity index (χ0) is 25.0. The molecule has 1 saturated heterocycles. The summed E-state index contributed by atoms with van der Waals surface area (Å²) in [6.07, 6.45) is 2.54. The number of hydrogen-bond acceptors (Lipinski definition) is 4. The lowest BCUT2D eigenvalue weighted by atomic mass is 9.90. The molecule has 1 aromatic carbocycles. The van der Waals surface area contributed by atoms with Gasteiger partial charge in [0, 0.05) is 44.9 Å². The van der Waals surface area contributed by atoms with E-state index in [1.165, 1.54) is 16.8 Å². The van der Waals surface area contributed by atoms with Crippen LogP contribution in [0.2, 0.25) is 5.02 Å². The average molecular weight is 488 g/mol. The number of aliphatic hydroxyl groups is 1. The molecule has 0 saturated carbocycles. The van der Waals surface area contributed by atoms with Crippen molar-refractivity contribution < 1.29 is 14.7 Å². The summed E-state index contributed by atoms with van der Waals surface area (Å²) in [5.74, 6) is -0.109. The van der Waals surface area contributed by atoms with Crippen LogP contribution in [0.15, 0.2) is 47.4 Å². The number of carbonyl (C=O) groups is 2. The highest BCUT2D eigenvalue weighted by Crippen LogP contribution is 2.27. The number of nitrogens with zero attached hydrogens (tertiary/aromatic N) is 3. The number of aromatic nitrogens is 1. The zero-order valence-corrected chi connectivity index (χ0v) is 21.1. The van der Waals surface area contributed by atoms with Crippen molar-refractivity contribution in [2.24, 2.45) is 0 Å². The molecule has 8 heteroatoms. The molecule has 0 bridgehead atoms. The van der Waals surface area contributed by atoms with Gasteiger partial charge in [-0.1, -0.05) is 48.9 Å². The van der Waals surface area contributed by atoms with Crippen molar-refractivity contribution in [3.8, 4) is 0 Å². The summed E-state index contributed by atoms with van der Waals surface area (Å²) in [4.78, 5) is 41.5. The van der Waals surface area contributed by atoms with Crippen LogP contribution in [0, 0.1) is 0 Å². The number of benzene rings is 1. The maximum absolute atomic E-state index is 12.8. The average Bonchev–Trinajstić information content (AvgIpc) is 2.80. The van der Waals surface area contributed by atoms with Crippen molar-refractivity contribution in [3.05, 3.63) is 69.1 Å². The number of hydrogen-bond donors (Lipinski definition) is 1. The third kappa shape index (κ3) is 6.07. The van der Waals surface area contributed by atoms with Gasteiger partial charge in [-0.25, -0.2) is 0 Å². The number of amides is 2. The van der Waals surface area contributed by atoms with Crippen LogP contribution in [-0.4, -0.2) is 63.1 Å². The van der Waals surface area contributed by atoms with E-state index >= 15 is 0 Å². The highest BCUT2D eigenvalue weighted by atomic mass is 35.5. The maximum Gasteiger partial charge on any atom is 0.256 e. The molecular formula is C26H34ClN3O4. The Kier molecular flexibility index (Phi) is 8.21. The maximum atomic E-state index is 12.8. The Morgan fingerprint density at radius 2 is 1.76 bits per heavy atom. The first-order valence-corrected chi connectivity index (χ1v) is 12.1. The largest absolute Gasteiger partial charge is 0.388 e. The number of piperidine rings is 1. The second-order valence-electron chi connectivity index (χ2n) is 9.63. The molecule has 1 atom stereocenters. The van der Waals surface area contributed by atoms with Gasteiger partial charge in [-0.3, -0.25) is 14.4 Å². The monoisotopic (exact) mass is 487 g/mol. The number of pyridine rings is 1. The molecule has 1 aliphatic heterocycles. The van der Waals surface area contributed by atoms with Gasteiger partial charge in [-0.05, 0) is 38.2 Å². The third-order valence-corrected chi connectivity index (χ3v) is 7.07. The zero-order valence-electron chi connectivity index (χ0n) is 20.3. The van der Waals surface area contributed by atoms with E-state index in [2.05, 4.69) is 0 Å². The molecule has 2 amide bonds. The van der Waals surface area contributed by atoms with Crippen LogP contribution in [0.25, 0.3) is 0 Å². The molecule has 184 valence electrons. The van der Waals surface area contributed by atoms with E-state index < -0.39 is 5.60 Å². The van der Waals surface area contributed by atoms with Crippen LogP contribution in [-0.2, 0) is 11.3 Å². The molecule has 1 aromatic heterocycles. The van der Waals surface area contributed by atoms with Gasteiger partial charge in [0.1, 0.15) is 0 Å². The summed E-state index contributed by atoms with van der Waals surface area (Å²) in [7, 11) is 1.68. The van der Waals surface area contributed by atoms with Crippen LogP contribution < -0.4 is 5.56 Å². The molecule has 0 radical (unpaired) electrons. The van der Waals surface area contributed by atoms with Crippen molar-refractivity contribution in [1.29, 1.82) is 0 Å². The van der Waals surface area contributed by atoms with Gasteiger partial charge in [0.05, 0.1) is 22.7 Å². The Bertz CT molecular complexity index is 1080. The van der Waals surface area contributed by atoms with Crippen LogP contribution >= 0.6 is 11.6 Å². The van der Waals surface area contributed by atoms with E-state index in [4.69, 9.17) is 11.6 Å². The minimum absolute atomic E-state index is 0.0281. The van der Waals surface area contributed by atoms with Gasteiger partial charge < -0.3 is 19.5 Å². The fourth-order valence-electron chi connectivity index (χ4n) is 4.19. The van der Waals surface area contributed by atoms with Crippen molar-refractivity contribution in [2.45, 2.75) is 64.1 Å². The standard InChI is InChI=1S/C26H34ClN3O4/c1-18(2)28(4)25(33)21-16-30(24(32)15-22(21)27)17-26(34)10-12-29(13-11-26)23(31)14-19(3)20-8-6-5-7-9-20/h5-9,15-16,18-19,34H,10-14,17H2,1-4H3. The van der Waals surface area contributed by atoms with Crippen molar-refractivity contribution in [2.75, 3.05) is 20.1 Å². The summed E-state index contributed by atoms with van der Waals surface area (Å²) < 4.78 is 1.35. The fraction of sp³-hybridized carbons (Fsp3) is 0.500. The molecule has 2 aromatic rings. The van der Waals surface area contributed by atoms with Gasteiger partial charge in [0.2, 0.25) is 5.91 Å². The second kappa shape index (κ2) is 10.7. The molecule has 3 rings (SSSR count). The molecule has 1 unspecified atom stereocenters. The minimum atomic E-state index is -1.15. The molecule has 0 spiro atoms. The number of halogens is 1. The van der Waals surface area contributed by atoms with Crippen molar-refractivity contribution in [3.63, 3.8) is 0 Å². The Labute approximate surface area is 205 Å². The lowest BCUT2D eigenvalue weighted by Gasteiger charge is -2.39. The van der Waals surface area contributed by atoms with Crippen molar-refractivity contribution >= 4 is 23.4 Å². The van der Waals surface area contributed by atoms with E-state index in [0.717, 1.165) is 5.56 Å². The minimum Gasteiger partial charge on any atom is -0.388 e. The van der Waals surface area contributed by atoms with Crippen LogP contribution in [0.5, 0.6) is 0 Å². The van der Waals surface area contributed by atoms with Crippen molar-refractivity contribution in [1.82, 2.24) is 14.4 Å². The molecule has 0 aliphatic carbocycles. The van der Waals surface area contributed by atoms with Crippen LogP contribution in [0.1, 0.15) is 61.9 Å². The Hall–Kier alpha value is -2.64. The van der Waals surface area contributed by atoms with Gasteiger partial charge in [-0.15, -0.1) is 0 Å². The van der Waals surface area contributed by atoms with Gasteiger partial charge >= 0.3 is 0 Å². The predicted molar refractivity (Wildman–Crippen MR) is 133 cm³/mol. The van der Waals surface area contributed by atoms with Crippen LogP contribution in [0.4, 0.5) is 0 Å². The molecule has 7 nitrogen and oxygen atoms in total. The molecule has 1 N–H and O–H groups in total.